The summed E-state index contributed by atoms with van der Waals surface area (Å²) in [5.41, 5.74) is 0.354. The van der Waals surface area contributed by atoms with Gasteiger partial charge in [-0.2, -0.15) is 0 Å². The summed E-state index contributed by atoms with van der Waals surface area (Å²) in [5, 5.41) is 0. The Kier molecular flexibility index (Phi) is 5.25. The first kappa shape index (κ1) is 16.0. The van der Waals surface area contributed by atoms with E-state index in [-0.39, 0.29) is 5.92 Å². The minimum atomic E-state index is 0.273. The number of carbonyl (C=O) groups is 1. The SMILES string of the molecule is CN1CCC(CN(C)CC2CC(C)(C)CCC2=O)CC1. The fourth-order valence-electron chi connectivity index (χ4n) is 3.85. The van der Waals surface area contributed by atoms with Gasteiger partial charge in [-0.25, -0.2) is 0 Å². The lowest BCUT2D eigenvalue weighted by atomic mass is 9.71. The highest BCUT2D eigenvalue weighted by Gasteiger charge is 2.34. The van der Waals surface area contributed by atoms with E-state index >= 15 is 0 Å². The molecular weight excluding hydrogens is 248 g/mol. The maximum absolute atomic E-state index is 12.1. The van der Waals surface area contributed by atoms with E-state index in [9.17, 15) is 4.79 Å². The monoisotopic (exact) mass is 280 g/mol. The van der Waals surface area contributed by atoms with E-state index < -0.39 is 0 Å². The summed E-state index contributed by atoms with van der Waals surface area (Å²) < 4.78 is 0. The predicted molar refractivity (Wildman–Crippen MR) is 83.8 cm³/mol. The van der Waals surface area contributed by atoms with E-state index in [0.29, 0.717) is 11.2 Å². The molecular formula is C17H32N2O. The quantitative estimate of drug-likeness (QED) is 0.791. The number of hydrogen-bond donors (Lipinski definition) is 0. The Morgan fingerprint density at radius 2 is 1.90 bits per heavy atom. The van der Waals surface area contributed by atoms with Crippen molar-refractivity contribution in [1.82, 2.24) is 9.80 Å². The minimum Gasteiger partial charge on any atom is -0.306 e. The van der Waals surface area contributed by atoms with Crippen molar-refractivity contribution in [2.45, 2.75) is 46.0 Å². The maximum atomic E-state index is 12.1. The number of carbonyl (C=O) groups excluding carboxylic acids is 1. The molecule has 0 bridgehead atoms. The molecule has 0 aromatic rings. The number of ketones is 1. The second-order valence-corrected chi connectivity index (χ2v) is 8.00. The van der Waals surface area contributed by atoms with Crippen LogP contribution < -0.4 is 0 Å². The van der Waals surface area contributed by atoms with Crippen LogP contribution in [0, 0.1) is 17.3 Å². The summed E-state index contributed by atoms with van der Waals surface area (Å²) in [6.07, 6.45) is 5.56. The molecule has 3 heteroatoms. The van der Waals surface area contributed by atoms with Crippen molar-refractivity contribution in [3.05, 3.63) is 0 Å². The van der Waals surface area contributed by atoms with Crippen LogP contribution in [0.5, 0.6) is 0 Å². The molecule has 1 aliphatic heterocycles. The van der Waals surface area contributed by atoms with Crippen molar-refractivity contribution in [3.63, 3.8) is 0 Å². The fraction of sp³-hybridized carbons (Fsp3) is 0.941. The molecule has 0 spiro atoms. The third kappa shape index (κ3) is 4.56. The summed E-state index contributed by atoms with van der Waals surface area (Å²) in [6, 6.07) is 0. The molecule has 1 unspecified atom stereocenters. The highest BCUT2D eigenvalue weighted by molar-refractivity contribution is 5.82. The zero-order valence-electron chi connectivity index (χ0n) is 13.8. The topological polar surface area (TPSA) is 23.6 Å². The third-order valence-electron chi connectivity index (χ3n) is 5.24. The zero-order valence-corrected chi connectivity index (χ0v) is 13.8. The maximum Gasteiger partial charge on any atom is 0.137 e. The van der Waals surface area contributed by atoms with Gasteiger partial charge in [-0.1, -0.05) is 13.8 Å². The van der Waals surface area contributed by atoms with Gasteiger partial charge in [-0.15, -0.1) is 0 Å². The first-order chi connectivity index (χ1) is 9.35. The van der Waals surface area contributed by atoms with Crippen LogP contribution >= 0.6 is 0 Å². The molecule has 1 heterocycles. The highest BCUT2D eigenvalue weighted by Crippen LogP contribution is 2.37. The average molecular weight is 280 g/mol. The van der Waals surface area contributed by atoms with Gasteiger partial charge >= 0.3 is 0 Å². The number of piperidine rings is 1. The first-order valence-corrected chi connectivity index (χ1v) is 8.25. The zero-order chi connectivity index (χ0) is 14.8. The Morgan fingerprint density at radius 1 is 1.25 bits per heavy atom. The van der Waals surface area contributed by atoms with E-state index in [1.54, 1.807) is 0 Å². The summed E-state index contributed by atoms with van der Waals surface area (Å²) in [5.74, 6) is 1.59. The molecule has 0 amide bonds. The van der Waals surface area contributed by atoms with Gasteiger partial charge < -0.3 is 9.80 Å². The Labute approximate surface area is 124 Å². The standard InChI is InChI=1S/C17H32N2O/c1-17(2)8-5-16(20)15(11-17)13-19(4)12-14-6-9-18(3)10-7-14/h14-15H,5-13H2,1-4H3. The molecule has 1 saturated heterocycles. The summed E-state index contributed by atoms with van der Waals surface area (Å²) in [6.45, 7) is 9.21. The van der Waals surface area contributed by atoms with E-state index in [2.05, 4.69) is 37.7 Å². The van der Waals surface area contributed by atoms with Gasteiger partial charge in [-0.3, -0.25) is 4.79 Å². The molecule has 20 heavy (non-hydrogen) atoms. The fourth-order valence-corrected chi connectivity index (χ4v) is 3.85. The van der Waals surface area contributed by atoms with Crippen molar-refractivity contribution >= 4 is 5.78 Å². The lowest BCUT2D eigenvalue weighted by Crippen LogP contribution is -2.41. The Balaban J connectivity index is 1.78. The highest BCUT2D eigenvalue weighted by atomic mass is 16.1. The second-order valence-electron chi connectivity index (χ2n) is 8.00. The van der Waals surface area contributed by atoms with Crippen LogP contribution in [0.4, 0.5) is 0 Å². The molecule has 2 rings (SSSR count). The van der Waals surface area contributed by atoms with E-state index in [0.717, 1.165) is 38.3 Å². The van der Waals surface area contributed by atoms with Crippen LogP contribution in [-0.2, 0) is 4.79 Å². The van der Waals surface area contributed by atoms with Gasteiger partial charge in [0, 0.05) is 25.4 Å². The molecule has 116 valence electrons. The molecule has 0 aromatic heterocycles. The van der Waals surface area contributed by atoms with Gasteiger partial charge in [0.25, 0.3) is 0 Å². The summed E-state index contributed by atoms with van der Waals surface area (Å²) in [7, 11) is 4.41. The van der Waals surface area contributed by atoms with Gasteiger partial charge in [0.1, 0.15) is 5.78 Å². The smallest absolute Gasteiger partial charge is 0.137 e. The van der Waals surface area contributed by atoms with Gasteiger partial charge in [0.2, 0.25) is 0 Å². The number of likely N-dealkylation sites (tertiary alicyclic amines) is 1. The average Bonchev–Trinajstić information content (AvgIpc) is 2.36. The second kappa shape index (κ2) is 6.57. The normalized spacial score (nSPS) is 29.1. The lowest BCUT2D eigenvalue weighted by Gasteiger charge is -2.37. The van der Waals surface area contributed by atoms with Crippen molar-refractivity contribution in [2.24, 2.45) is 17.3 Å². The van der Waals surface area contributed by atoms with Gasteiger partial charge in [0.15, 0.2) is 0 Å². The molecule has 0 N–H and O–H groups in total. The largest absolute Gasteiger partial charge is 0.306 e. The lowest BCUT2D eigenvalue weighted by molar-refractivity contribution is -0.127. The molecule has 1 aliphatic carbocycles. The van der Waals surface area contributed by atoms with E-state index in [1.165, 1.54) is 25.9 Å². The van der Waals surface area contributed by atoms with Crippen LogP contribution in [0.25, 0.3) is 0 Å². The van der Waals surface area contributed by atoms with Crippen LogP contribution in [0.1, 0.15) is 46.0 Å². The van der Waals surface area contributed by atoms with Crippen LogP contribution in [0.2, 0.25) is 0 Å². The van der Waals surface area contributed by atoms with E-state index in [4.69, 9.17) is 0 Å². The molecule has 2 fully saturated rings. The van der Waals surface area contributed by atoms with Crippen molar-refractivity contribution in [2.75, 3.05) is 40.3 Å². The predicted octanol–water partition coefficient (Wildman–Crippen LogP) is 2.66. The molecule has 3 nitrogen and oxygen atoms in total. The number of nitrogens with zero attached hydrogens (tertiary/aromatic N) is 2. The third-order valence-corrected chi connectivity index (χ3v) is 5.24. The van der Waals surface area contributed by atoms with Crippen LogP contribution in [0.3, 0.4) is 0 Å². The van der Waals surface area contributed by atoms with Crippen molar-refractivity contribution < 1.29 is 4.79 Å². The van der Waals surface area contributed by atoms with Crippen LogP contribution in [0.15, 0.2) is 0 Å². The van der Waals surface area contributed by atoms with Gasteiger partial charge in [-0.05, 0) is 64.2 Å². The molecule has 1 saturated carbocycles. The molecule has 0 radical (unpaired) electrons. The van der Waals surface area contributed by atoms with E-state index in [1.807, 2.05) is 0 Å². The van der Waals surface area contributed by atoms with Gasteiger partial charge in [0.05, 0.1) is 0 Å². The minimum absolute atomic E-state index is 0.273. The summed E-state index contributed by atoms with van der Waals surface area (Å²) in [4.78, 5) is 17.0. The summed E-state index contributed by atoms with van der Waals surface area (Å²) >= 11 is 0. The number of Topliss-reactive ketones (excluding diaryl/α,β-unsaturated/α-hetero) is 1. The van der Waals surface area contributed by atoms with Crippen molar-refractivity contribution in [1.29, 1.82) is 0 Å². The number of hydrogen-bond acceptors (Lipinski definition) is 3. The Morgan fingerprint density at radius 3 is 2.55 bits per heavy atom. The Hall–Kier alpha value is -0.410. The van der Waals surface area contributed by atoms with Crippen molar-refractivity contribution in [3.8, 4) is 0 Å². The van der Waals surface area contributed by atoms with Crippen LogP contribution in [-0.4, -0.2) is 55.9 Å². The number of rotatable bonds is 4. The molecule has 0 aromatic carbocycles. The molecule has 1 atom stereocenters. The first-order valence-electron chi connectivity index (χ1n) is 8.25. The molecule has 2 aliphatic rings. The Bertz CT molecular complexity index is 332.